The van der Waals surface area contributed by atoms with E-state index in [1.54, 1.807) is 0 Å². The average Bonchev–Trinajstić information content (AvgIpc) is 2.36. The summed E-state index contributed by atoms with van der Waals surface area (Å²) in [4.78, 5) is 0. The summed E-state index contributed by atoms with van der Waals surface area (Å²) in [6, 6.07) is 0.724. The standard InChI is InChI=1S/C15H31NO/c1-3-7-15(14-8-5-4-6-9-14)16-12-13(2)10-11-17/h13-17H,3-12H2,1-2H3. The molecule has 0 saturated heterocycles. The van der Waals surface area contributed by atoms with Crippen LogP contribution in [0.15, 0.2) is 0 Å². The van der Waals surface area contributed by atoms with Crippen LogP contribution in [-0.4, -0.2) is 24.3 Å². The molecular weight excluding hydrogens is 210 g/mol. The molecule has 1 saturated carbocycles. The smallest absolute Gasteiger partial charge is 0.0434 e. The highest BCUT2D eigenvalue weighted by molar-refractivity contribution is 4.79. The van der Waals surface area contributed by atoms with Crippen LogP contribution < -0.4 is 5.32 Å². The van der Waals surface area contributed by atoms with E-state index in [0.717, 1.165) is 24.9 Å². The molecule has 0 radical (unpaired) electrons. The minimum Gasteiger partial charge on any atom is -0.396 e. The Morgan fingerprint density at radius 2 is 1.88 bits per heavy atom. The number of nitrogens with one attached hydrogen (secondary N) is 1. The monoisotopic (exact) mass is 241 g/mol. The summed E-state index contributed by atoms with van der Waals surface area (Å²) in [7, 11) is 0. The summed E-state index contributed by atoms with van der Waals surface area (Å²) >= 11 is 0. The lowest BCUT2D eigenvalue weighted by molar-refractivity contribution is 0.230. The Labute approximate surface area is 107 Å². The highest BCUT2D eigenvalue weighted by Gasteiger charge is 2.22. The van der Waals surface area contributed by atoms with Crippen molar-refractivity contribution in [3.8, 4) is 0 Å². The third-order valence-corrected chi connectivity index (χ3v) is 4.17. The Balaban J connectivity index is 2.30. The molecule has 2 nitrogen and oxygen atoms in total. The van der Waals surface area contributed by atoms with Crippen molar-refractivity contribution in [1.82, 2.24) is 5.32 Å². The molecule has 2 atom stereocenters. The molecule has 0 aromatic heterocycles. The second kappa shape index (κ2) is 8.93. The van der Waals surface area contributed by atoms with Gasteiger partial charge in [0, 0.05) is 12.6 Å². The number of rotatable bonds is 8. The van der Waals surface area contributed by atoms with Gasteiger partial charge in [-0.05, 0) is 44.1 Å². The molecule has 1 fully saturated rings. The van der Waals surface area contributed by atoms with Crippen LogP contribution in [-0.2, 0) is 0 Å². The molecule has 0 bridgehead atoms. The highest BCUT2D eigenvalue weighted by Crippen LogP contribution is 2.28. The first-order valence-corrected chi connectivity index (χ1v) is 7.62. The fourth-order valence-electron chi connectivity index (χ4n) is 3.03. The maximum absolute atomic E-state index is 8.93. The maximum Gasteiger partial charge on any atom is 0.0434 e. The largest absolute Gasteiger partial charge is 0.396 e. The zero-order chi connectivity index (χ0) is 12.5. The van der Waals surface area contributed by atoms with E-state index in [-0.39, 0.29) is 0 Å². The molecule has 0 heterocycles. The van der Waals surface area contributed by atoms with Crippen molar-refractivity contribution in [2.45, 2.75) is 71.3 Å². The Bertz CT molecular complexity index is 178. The number of hydrogen-bond donors (Lipinski definition) is 2. The van der Waals surface area contributed by atoms with Gasteiger partial charge in [0.1, 0.15) is 0 Å². The lowest BCUT2D eigenvalue weighted by Crippen LogP contribution is -2.39. The molecule has 0 amide bonds. The van der Waals surface area contributed by atoms with Crippen molar-refractivity contribution in [3.63, 3.8) is 0 Å². The number of hydrogen-bond acceptors (Lipinski definition) is 2. The Morgan fingerprint density at radius 3 is 2.47 bits per heavy atom. The van der Waals surface area contributed by atoms with Gasteiger partial charge >= 0.3 is 0 Å². The van der Waals surface area contributed by atoms with Gasteiger partial charge in [0.05, 0.1) is 0 Å². The minimum absolute atomic E-state index is 0.324. The van der Waals surface area contributed by atoms with Crippen LogP contribution in [0, 0.1) is 11.8 Å². The highest BCUT2D eigenvalue weighted by atomic mass is 16.3. The van der Waals surface area contributed by atoms with E-state index < -0.39 is 0 Å². The predicted molar refractivity (Wildman–Crippen MR) is 74.1 cm³/mol. The lowest BCUT2D eigenvalue weighted by atomic mass is 9.82. The molecule has 17 heavy (non-hydrogen) atoms. The molecule has 2 heteroatoms. The van der Waals surface area contributed by atoms with Gasteiger partial charge in [-0.3, -0.25) is 0 Å². The van der Waals surface area contributed by atoms with Gasteiger partial charge in [0.2, 0.25) is 0 Å². The van der Waals surface area contributed by atoms with Gasteiger partial charge in [0.15, 0.2) is 0 Å². The van der Waals surface area contributed by atoms with E-state index in [0.29, 0.717) is 12.5 Å². The average molecular weight is 241 g/mol. The van der Waals surface area contributed by atoms with Crippen LogP contribution in [0.5, 0.6) is 0 Å². The van der Waals surface area contributed by atoms with Crippen LogP contribution in [0.25, 0.3) is 0 Å². The zero-order valence-corrected chi connectivity index (χ0v) is 11.8. The van der Waals surface area contributed by atoms with E-state index in [9.17, 15) is 0 Å². The van der Waals surface area contributed by atoms with Crippen LogP contribution >= 0.6 is 0 Å². The van der Waals surface area contributed by atoms with Crippen molar-refractivity contribution in [3.05, 3.63) is 0 Å². The van der Waals surface area contributed by atoms with Gasteiger partial charge in [-0.25, -0.2) is 0 Å². The van der Waals surface area contributed by atoms with Crippen molar-refractivity contribution < 1.29 is 5.11 Å². The minimum atomic E-state index is 0.324. The molecule has 2 unspecified atom stereocenters. The Morgan fingerprint density at radius 1 is 1.18 bits per heavy atom. The summed E-state index contributed by atoms with van der Waals surface area (Å²) in [6.45, 7) is 5.91. The van der Waals surface area contributed by atoms with E-state index in [1.807, 2.05) is 0 Å². The summed E-state index contributed by atoms with van der Waals surface area (Å²) in [5, 5.41) is 12.7. The van der Waals surface area contributed by atoms with Crippen molar-refractivity contribution in [1.29, 1.82) is 0 Å². The van der Waals surface area contributed by atoms with Gasteiger partial charge in [-0.15, -0.1) is 0 Å². The third-order valence-electron chi connectivity index (χ3n) is 4.17. The summed E-state index contributed by atoms with van der Waals surface area (Å²) in [6.07, 6.45) is 10.7. The molecule has 1 rings (SSSR count). The summed E-state index contributed by atoms with van der Waals surface area (Å²) in [5.41, 5.74) is 0. The van der Waals surface area contributed by atoms with Crippen LogP contribution in [0.1, 0.15) is 65.2 Å². The lowest BCUT2D eigenvalue weighted by Gasteiger charge is -2.32. The van der Waals surface area contributed by atoms with Gasteiger partial charge < -0.3 is 10.4 Å². The molecule has 0 aromatic carbocycles. The van der Waals surface area contributed by atoms with Crippen molar-refractivity contribution in [2.24, 2.45) is 11.8 Å². The first-order chi connectivity index (χ1) is 8.27. The molecule has 1 aliphatic carbocycles. The number of aliphatic hydroxyl groups excluding tert-OH is 1. The molecule has 2 N–H and O–H groups in total. The second-order valence-corrected chi connectivity index (χ2v) is 5.82. The molecule has 0 aromatic rings. The molecular formula is C15H31NO. The Hall–Kier alpha value is -0.0800. The van der Waals surface area contributed by atoms with Crippen LogP contribution in [0.2, 0.25) is 0 Å². The first-order valence-electron chi connectivity index (χ1n) is 7.62. The van der Waals surface area contributed by atoms with Crippen molar-refractivity contribution >= 4 is 0 Å². The predicted octanol–water partition coefficient (Wildman–Crippen LogP) is 3.34. The normalized spacial score (nSPS) is 21.4. The molecule has 1 aliphatic rings. The van der Waals surface area contributed by atoms with Gasteiger partial charge in [-0.2, -0.15) is 0 Å². The fraction of sp³-hybridized carbons (Fsp3) is 1.00. The quantitative estimate of drug-likeness (QED) is 0.683. The first kappa shape index (κ1) is 15.0. The maximum atomic E-state index is 8.93. The van der Waals surface area contributed by atoms with E-state index in [4.69, 9.17) is 5.11 Å². The van der Waals surface area contributed by atoms with Gasteiger partial charge in [-0.1, -0.05) is 39.5 Å². The molecule has 0 spiro atoms. The topological polar surface area (TPSA) is 32.3 Å². The van der Waals surface area contributed by atoms with Gasteiger partial charge in [0.25, 0.3) is 0 Å². The second-order valence-electron chi connectivity index (χ2n) is 5.82. The summed E-state index contributed by atoms with van der Waals surface area (Å²) in [5.74, 6) is 1.51. The molecule has 0 aliphatic heterocycles. The SMILES string of the molecule is CCCC(NCC(C)CCO)C1CCCCC1. The Kier molecular flexibility index (Phi) is 7.87. The van der Waals surface area contributed by atoms with Crippen LogP contribution in [0.3, 0.4) is 0 Å². The van der Waals surface area contributed by atoms with Crippen molar-refractivity contribution in [2.75, 3.05) is 13.2 Å². The summed E-state index contributed by atoms with van der Waals surface area (Å²) < 4.78 is 0. The molecule has 102 valence electrons. The van der Waals surface area contributed by atoms with Crippen LogP contribution in [0.4, 0.5) is 0 Å². The third kappa shape index (κ3) is 5.87. The zero-order valence-electron chi connectivity index (χ0n) is 11.8. The fourth-order valence-corrected chi connectivity index (χ4v) is 3.03. The van der Waals surface area contributed by atoms with E-state index in [2.05, 4.69) is 19.2 Å². The van der Waals surface area contributed by atoms with E-state index >= 15 is 0 Å². The van der Waals surface area contributed by atoms with E-state index in [1.165, 1.54) is 44.9 Å². The number of aliphatic hydroxyl groups is 1.